The maximum atomic E-state index is 12.7. The minimum atomic E-state index is -0.0403. The molecular weight excluding hydrogens is 316 g/mol. The third kappa shape index (κ3) is 3.29. The lowest BCUT2D eigenvalue weighted by molar-refractivity contribution is 0.102. The van der Waals surface area contributed by atoms with Crippen LogP contribution in [0.3, 0.4) is 0 Å². The minimum Gasteiger partial charge on any atom is -0.343 e. The molecule has 3 aromatic rings. The average molecular weight is 338 g/mol. The lowest BCUT2D eigenvalue weighted by Gasteiger charge is -2.11. The van der Waals surface area contributed by atoms with Gasteiger partial charge in [-0.2, -0.15) is 0 Å². The van der Waals surface area contributed by atoms with E-state index >= 15 is 0 Å². The first kappa shape index (κ1) is 16.5. The van der Waals surface area contributed by atoms with Gasteiger partial charge in [-0.1, -0.05) is 31.2 Å². The highest BCUT2D eigenvalue weighted by Crippen LogP contribution is 2.22. The van der Waals surface area contributed by atoms with Crippen LogP contribution in [0.5, 0.6) is 0 Å². The lowest BCUT2D eigenvalue weighted by atomic mass is 10.1. The van der Waals surface area contributed by atoms with E-state index in [-0.39, 0.29) is 5.91 Å². The van der Waals surface area contributed by atoms with Crippen molar-refractivity contribution in [3.8, 4) is 0 Å². The Morgan fingerprint density at radius 1 is 1.17 bits per heavy atom. The lowest BCUT2D eigenvalue weighted by Crippen LogP contribution is -2.14. The van der Waals surface area contributed by atoms with Crippen LogP contribution in [0.2, 0.25) is 0 Å². The summed E-state index contributed by atoms with van der Waals surface area (Å²) in [6.45, 7) is 6.98. The Labute approximate surface area is 147 Å². The monoisotopic (exact) mass is 338 g/mol. The molecule has 0 saturated carbocycles. The van der Waals surface area contributed by atoms with Crippen molar-refractivity contribution < 1.29 is 4.79 Å². The molecule has 0 aliphatic rings. The van der Waals surface area contributed by atoms with Gasteiger partial charge in [-0.25, -0.2) is 0 Å². The van der Waals surface area contributed by atoms with Crippen molar-refractivity contribution in [2.75, 3.05) is 5.32 Å². The van der Waals surface area contributed by atoms with E-state index in [0.717, 1.165) is 41.2 Å². The van der Waals surface area contributed by atoms with Gasteiger partial charge in [0.1, 0.15) is 0 Å². The number of aromatic nitrogens is 1. The van der Waals surface area contributed by atoms with Crippen LogP contribution in [0.15, 0.2) is 47.8 Å². The van der Waals surface area contributed by atoms with Gasteiger partial charge < -0.3 is 9.88 Å². The Hall–Kier alpha value is -2.33. The summed E-state index contributed by atoms with van der Waals surface area (Å²) < 4.78 is 2.20. The molecule has 0 aliphatic carbocycles. The topological polar surface area (TPSA) is 34.0 Å². The molecule has 0 fully saturated rings. The first-order chi connectivity index (χ1) is 11.6. The van der Waals surface area contributed by atoms with Crippen molar-refractivity contribution in [3.05, 3.63) is 75.2 Å². The van der Waals surface area contributed by atoms with Crippen LogP contribution < -0.4 is 5.32 Å². The van der Waals surface area contributed by atoms with Crippen LogP contribution in [0, 0.1) is 13.8 Å². The molecule has 0 unspecified atom stereocenters. The Bertz CT molecular complexity index is 847. The molecule has 2 heterocycles. The molecule has 0 bridgehead atoms. The predicted molar refractivity (Wildman–Crippen MR) is 101 cm³/mol. The first-order valence-electron chi connectivity index (χ1n) is 8.18. The molecule has 1 N–H and O–H groups in total. The molecular formula is C20H22N2OS. The number of nitrogens with zero attached hydrogens (tertiary/aromatic N) is 1. The van der Waals surface area contributed by atoms with E-state index < -0.39 is 0 Å². The van der Waals surface area contributed by atoms with Crippen molar-refractivity contribution >= 4 is 22.9 Å². The van der Waals surface area contributed by atoms with Gasteiger partial charge in [0, 0.05) is 22.0 Å². The highest BCUT2D eigenvalue weighted by molar-refractivity contribution is 7.09. The van der Waals surface area contributed by atoms with E-state index in [1.54, 1.807) is 11.3 Å². The van der Waals surface area contributed by atoms with Crippen LogP contribution >= 0.6 is 11.3 Å². The zero-order chi connectivity index (χ0) is 17.1. The molecule has 1 aromatic carbocycles. The third-order valence-corrected chi connectivity index (χ3v) is 5.22. The van der Waals surface area contributed by atoms with Crippen LogP contribution in [-0.4, -0.2) is 10.5 Å². The highest BCUT2D eigenvalue weighted by Gasteiger charge is 2.17. The second-order valence-corrected chi connectivity index (χ2v) is 6.95. The molecule has 0 atom stereocenters. The molecule has 0 aliphatic heterocycles. The number of rotatable bonds is 5. The fourth-order valence-corrected chi connectivity index (χ4v) is 3.67. The number of thiophene rings is 1. The fourth-order valence-electron chi connectivity index (χ4n) is 2.97. The molecule has 3 rings (SSSR count). The molecule has 4 heteroatoms. The summed E-state index contributed by atoms with van der Waals surface area (Å²) in [7, 11) is 0. The van der Waals surface area contributed by atoms with Gasteiger partial charge >= 0.3 is 0 Å². The number of nitrogens with one attached hydrogen (secondary N) is 1. The molecule has 0 radical (unpaired) electrons. The van der Waals surface area contributed by atoms with E-state index in [1.165, 1.54) is 4.88 Å². The second-order valence-electron chi connectivity index (χ2n) is 5.92. The first-order valence-corrected chi connectivity index (χ1v) is 9.06. The van der Waals surface area contributed by atoms with Crippen molar-refractivity contribution in [1.82, 2.24) is 4.57 Å². The van der Waals surface area contributed by atoms with Gasteiger partial charge in [0.25, 0.3) is 5.91 Å². The summed E-state index contributed by atoms with van der Waals surface area (Å²) in [5, 5.41) is 5.15. The predicted octanol–water partition coefficient (Wildman–Crippen LogP) is 5.03. The molecule has 3 nitrogen and oxygen atoms in total. The summed E-state index contributed by atoms with van der Waals surface area (Å²) in [5.41, 5.74) is 4.91. The summed E-state index contributed by atoms with van der Waals surface area (Å²) in [4.78, 5) is 14.0. The van der Waals surface area contributed by atoms with Gasteiger partial charge in [0.2, 0.25) is 0 Å². The minimum absolute atomic E-state index is 0.0403. The van der Waals surface area contributed by atoms with Crippen molar-refractivity contribution in [2.24, 2.45) is 0 Å². The second kappa shape index (κ2) is 7.05. The summed E-state index contributed by atoms with van der Waals surface area (Å²) >= 11 is 1.74. The van der Waals surface area contributed by atoms with Crippen molar-refractivity contribution in [3.63, 3.8) is 0 Å². The van der Waals surface area contributed by atoms with Crippen LogP contribution in [-0.2, 0) is 13.0 Å². The van der Waals surface area contributed by atoms with E-state index in [1.807, 2.05) is 31.2 Å². The largest absolute Gasteiger partial charge is 0.343 e. The zero-order valence-corrected chi connectivity index (χ0v) is 15.1. The Morgan fingerprint density at radius 3 is 2.67 bits per heavy atom. The zero-order valence-electron chi connectivity index (χ0n) is 14.3. The Morgan fingerprint density at radius 2 is 1.96 bits per heavy atom. The quantitative estimate of drug-likeness (QED) is 0.695. The normalized spacial score (nSPS) is 10.8. The summed E-state index contributed by atoms with van der Waals surface area (Å²) in [6, 6.07) is 14.1. The molecule has 2 aromatic heterocycles. The Balaban J connectivity index is 1.85. The smallest absolute Gasteiger partial charge is 0.257 e. The fraction of sp³-hybridized carbons (Fsp3) is 0.250. The van der Waals surface area contributed by atoms with E-state index in [2.05, 4.69) is 47.3 Å². The SMILES string of the molecule is CCc1ccccc1NC(=O)c1cc(C)n(Cc2cccs2)c1C. The number of anilines is 1. The number of carbonyl (C=O) groups excluding carboxylic acids is 1. The number of para-hydroxylation sites is 1. The van der Waals surface area contributed by atoms with E-state index in [4.69, 9.17) is 0 Å². The van der Waals surface area contributed by atoms with Crippen LogP contribution in [0.4, 0.5) is 5.69 Å². The number of amides is 1. The van der Waals surface area contributed by atoms with Gasteiger partial charge in [0.15, 0.2) is 0 Å². The number of carbonyl (C=O) groups is 1. The summed E-state index contributed by atoms with van der Waals surface area (Å²) in [6.07, 6.45) is 0.897. The number of benzene rings is 1. The number of aryl methyl sites for hydroxylation is 2. The van der Waals surface area contributed by atoms with Gasteiger partial charge in [-0.3, -0.25) is 4.79 Å². The maximum Gasteiger partial charge on any atom is 0.257 e. The van der Waals surface area contributed by atoms with Crippen LogP contribution in [0.25, 0.3) is 0 Å². The standard InChI is InChI=1S/C20H22N2OS/c1-4-16-8-5-6-10-19(16)21-20(23)18-12-14(2)22(15(18)3)13-17-9-7-11-24-17/h5-12H,4,13H2,1-3H3,(H,21,23). The van der Waals surface area contributed by atoms with Crippen LogP contribution in [0.1, 0.15) is 39.1 Å². The molecule has 0 spiro atoms. The number of hydrogen-bond acceptors (Lipinski definition) is 2. The average Bonchev–Trinajstić information content (AvgIpc) is 3.19. The molecule has 124 valence electrons. The van der Waals surface area contributed by atoms with Gasteiger partial charge in [-0.05, 0) is 49.4 Å². The third-order valence-electron chi connectivity index (χ3n) is 4.36. The van der Waals surface area contributed by atoms with E-state index in [0.29, 0.717) is 0 Å². The van der Waals surface area contributed by atoms with Gasteiger partial charge in [0.05, 0.1) is 12.1 Å². The summed E-state index contributed by atoms with van der Waals surface area (Å²) in [5.74, 6) is -0.0403. The molecule has 1 amide bonds. The molecule has 24 heavy (non-hydrogen) atoms. The molecule has 0 saturated heterocycles. The van der Waals surface area contributed by atoms with Gasteiger partial charge in [-0.15, -0.1) is 11.3 Å². The van der Waals surface area contributed by atoms with Crippen molar-refractivity contribution in [2.45, 2.75) is 33.7 Å². The maximum absolute atomic E-state index is 12.7. The Kier molecular flexibility index (Phi) is 4.86. The van der Waals surface area contributed by atoms with E-state index in [9.17, 15) is 4.79 Å². The number of hydrogen-bond donors (Lipinski definition) is 1. The highest BCUT2D eigenvalue weighted by atomic mass is 32.1. The van der Waals surface area contributed by atoms with Crippen molar-refractivity contribution in [1.29, 1.82) is 0 Å².